The van der Waals surface area contributed by atoms with Crippen LogP contribution in [0.5, 0.6) is 5.88 Å². The predicted molar refractivity (Wildman–Crippen MR) is 211 cm³/mol. The van der Waals surface area contributed by atoms with Gasteiger partial charge in [-0.05, 0) is 76.3 Å². The van der Waals surface area contributed by atoms with Crippen molar-refractivity contribution in [3.05, 3.63) is 46.8 Å². The number of aromatic nitrogens is 2. The number of carbonyl (C=O) groups is 4. The first kappa shape index (κ1) is 43.9. The second-order valence-corrected chi connectivity index (χ2v) is 19.1. The minimum atomic E-state index is -4.02. The van der Waals surface area contributed by atoms with Gasteiger partial charge in [-0.1, -0.05) is 38.1 Å². The number of carbonyl (C=O) groups excluding carboxylic acids is 3. The van der Waals surface area contributed by atoms with Gasteiger partial charge in [-0.25, -0.2) is 26.7 Å². The van der Waals surface area contributed by atoms with E-state index in [0.717, 1.165) is 18.7 Å². The Balaban J connectivity index is 1.44. The molecule has 4 aliphatic rings. The van der Waals surface area contributed by atoms with Crippen molar-refractivity contribution in [3.8, 4) is 5.88 Å². The van der Waals surface area contributed by atoms with Crippen LogP contribution in [0.25, 0.3) is 10.8 Å². The number of sulfonamides is 1. The predicted octanol–water partition coefficient (Wildman–Crippen LogP) is 3.67. The van der Waals surface area contributed by atoms with Gasteiger partial charge in [0.2, 0.25) is 27.7 Å². The number of nitrogens with one attached hydrogen (secondary N) is 2. The summed E-state index contributed by atoms with van der Waals surface area (Å²) in [6.45, 7) is 6.10. The molecule has 0 bridgehead atoms. The second-order valence-electron chi connectivity index (χ2n) is 17.2. The standard InChI is InChI=1S/C40H54F2N6O10S/c1-23-11-7-8-12-25-21-40(25,36(52)45-59(55,56)27-15-16-27)43-32(49)30-20-26(58-33-28-13-9-10-14-29(28)34(50)47(44-33)17-18-57-6)22-46(30)35(51)31(24(2)19-23)48(37(53)54)38(3,4)39(5,41)42/h8-10,12-14,23-27,30-31H,7,11,15-22H2,1-6H3,(H,43,49)(H,45,52)(H,53,54)/t23-,24-,25-,26-,30+,31+,40-/m1/s1. The molecular weight excluding hydrogens is 795 g/mol. The van der Waals surface area contributed by atoms with Crippen LogP contribution in [-0.2, 0) is 35.7 Å². The van der Waals surface area contributed by atoms with Crippen molar-refractivity contribution < 1.29 is 51.0 Å². The largest absolute Gasteiger partial charge is 0.471 e. The van der Waals surface area contributed by atoms with E-state index in [1.54, 1.807) is 37.3 Å². The third-order valence-electron chi connectivity index (χ3n) is 12.4. The van der Waals surface area contributed by atoms with Gasteiger partial charge in [-0.2, -0.15) is 0 Å². The Hall–Kier alpha value is -4.65. The third kappa shape index (κ3) is 8.81. The number of nitrogens with zero attached hydrogens (tertiary/aromatic N) is 4. The smallest absolute Gasteiger partial charge is 0.408 e. The Labute approximate surface area is 341 Å². The lowest BCUT2D eigenvalue weighted by atomic mass is 9.84. The summed E-state index contributed by atoms with van der Waals surface area (Å²) in [4.78, 5) is 71.6. The number of hydrogen-bond acceptors (Lipinski definition) is 10. The number of allylic oxidation sites excluding steroid dienone is 1. The number of rotatable bonds is 11. The average molecular weight is 849 g/mol. The van der Waals surface area contributed by atoms with Crippen molar-refractivity contribution >= 4 is 44.6 Å². The fourth-order valence-corrected chi connectivity index (χ4v) is 9.70. The van der Waals surface area contributed by atoms with E-state index in [-0.39, 0.29) is 56.1 Å². The van der Waals surface area contributed by atoms with Gasteiger partial charge in [-0.3, -0.25) is 28.8 Å². The van der Waals surface area contributed by atoms with Gasteiger partial charge in [-0.15, -0.1) is 5.10 Å². The van der Waals surface area contributed by atoms with Crippen LogP contribution in [0.1, 0.15) is 79.6 Å². The monoisotopic (exact) mass is 848 g/mol. The van der Waals surface area contributed by atoms with Crippen LogP contribution in [0.4, 0.5) is 13.6 Å². The first-order valence-electron chi connectivity index (χ1n) is 20.0. The summed E-state index contributed by atoms with van der Waals surface area (Å²) < 4.78 is 71.5. The first-order valence-corrected chi connectivity index (χ1v) is 21.6. The van der Waals surface area contributed by atoms with Crippen molar-refractivity contribution in [1.82, 2.24) is 29.6 Å². The Morgan fingerprint density at radius 1 is 1.08 bits per heavy atom. The SMILES string of the molecule is COCCn1nc(O[C@@H]2C[C@H]3C(=O)N[C@]4(C(=O)NS(=O)(=O)C5CC5)C[C@H]4C=CCC[C@@H](C)C[C@@H](C)[C@H](N(C(=O)O)C(C)(C)C(C)(F)F)C(=O)N3C2)c2ccccc2c1=O. The Morgan fingerprint density at radius 3 is 2.39 bits per heavy atom. The highest BCUT2D eigenvalue weighted by atomic mass is 32.2. The summed E-state index contributed by atoms with van der Waals surface area (Å²) in [7, 11) is -2.55. The molecular formula is C40H54F2N6O10S. The Morgan fingerprint density at radius 2 is 1.76 bits per heavy atom. The van der Waals surface area contributed by atoms with Crippen LogP contribution in [0.15, 0.2) is 41.2 Å². The normalized spacial score (nSPS) is 28.2. The van der Waals surface area contributed by atoms with Crippen molar-refractivity contribution in [2.45, 2.75) is 127 Å². The second kappa shape index (κ2) is 16.4. The van der Waals surface area contributed by atoms with Crippen molar-refractivity contribution in [3.63, 3.8) is 0 Å². The molecule has 3 heterocycles. The molecule has 2 saturated carbocycles. The minimum Gasteiger partial charge on any atom is -0.471 e. The quantitative estimate of drug-likeness (QED) is 0.278. The summed E-state index contributed by atoms with van der Waals surface area (Å²) in [5.41, 5.74) is -4.49. The maximum Gasteiger partial charge on any atom is 0.408 e. The molecule has 4 amide bonds. The van der Waals surface area contributed by atoms with Crippen LogP contribution in [0.2, 0.25) is 0 Å². The van der Waals surface area contributed by atoms with Crippen LogP contribution in [0.3, 0.4) is 0 Å². The lowest BCUT2D eigenvalue weighted by Gasteiger charge is -2.47. The highest BCUT2D eigenvalue weighted by molar-refractivity contribution is 7.91. The van der Waals surface area contributed by atoms with E-state index in [9.17, 15) is 32.7 Å². The fraction of sp³-hybridized carbons (Fsp3) is 0.650. The Kier molecular flexibility index (Phi) is 12.2. The number of amides is 4. The molecule has 0 unspecified atom stereocenters. The van der Waals surface area contributed by atoms with Crippen molar-refractivity contribution in [1.29, 1.82) is 0 Å². The maximum atomic E-state index is 15.4. The van der Waals surface area contributed by atoms with E-state index in [1.165, 1.54) is 11.8 Å². The molecule has 324 valence electrons. The van der Waals surface area contributed by atoms with E-state index in [1.807, 2.05) is 13.0 Å². The number of halogens is 2. The molecule has 2 aromatic rings. The van der Waals surface area contributed by atoms with Crippen LogP contribution in [0, 0.1) is 17.8 Å². The molecule has 7 atom stereocenters. The van der Waals surface area contributed by atoms with Crippen LogP contribution >= 0.6 is 0 Å². The average Bonchev–Trinajstić information content (AvgIpc) is 4.08. The molecule has 2 aliphatic carbocycles. The summed E-state index contributed by atoms with van der Waals surface area (Å²) >= 11 is 0. The van der Waals surface area contributed by atoms with E-state index in [2.05, 4.69) is 15.1 Å². The topological polar surface area (TPSA) is 207 Å². The third-order valence-corrected chi connectivity index (χ3v) is 14.2. The summed E-state index contributed by atoms with van der Waals surface area (Å²) in [6.07, 6.45) is 2.80. The van der Waals surface area contributed by atoms with E-state index in [0.29, 0.717) is 42.9 Å². The molecule has 3 fully saturated rings. The molecule has 0 radical (unpaired) electrons. The highest BCUT2D eigenvalue weighted by Gasteiger charge is 2.62. The molecule has 16 nitrogen and oxygen atoms in total. The summed E-state index contributed by atoms with van der Waals surface area (Å²) in [6, 6.07) is 3.43. The molecule has 1 aromatic heterocycles. The zero-order valence-electron chi connectivity index (χ0n) is 34.2. The fourth-order valence-electron chi connectivity index (χ4n) is 8.34. The maximum absolute atomic E-state index is 15.4. The molecule has 6 rings (SSSR count). The Bertz CT molecular complexity index is 2170. The minimum absolute atomic E-state index is 0.00286. The van der Waals surface area contributed by atoms with Gasteiger partial charge >= 0.3 is 6.09 Å². The van der Waals surface area contributed by atoms with Gasteiger partial charge in [0, 0.05) is 26.4 Å². The zero-order chi connectivity index (χ0) is 43.2. The lowest BCUT2D eigenvalue weighted by molar-refractivity contribution is -0.156. The molecule has 1 saturated heterocycles. The number of ether oxygens (including phenoxy) is 2. The lowest BCUT2D eigenvalue weighted by Crippen LogP contribution is -2.66. The summed E-state index contributed by atoms with van der Waals surface area (Å²) in [5, 5.41) is 17.7. The van der Waals surface area contributed by atoms with E-state index in [4.69, 9.17) is 9.47 Å². The number of alkyl halides is 2. The van der Waals surface area contributed by atoms with Gasteiger partial charge < -0.3 is 24.8 Å². The molecule has 1 aromatic carbocycles. The van der Waals surface area contributed by atoms with Crippen LogP contribution in [-0.4, -0.2) is 118 Å². The van der Waals surface area contributed by atoms with E-state index < -0.39 is 91.7 Å². The summed E-state index contributed by atoms with van der Waals surface area (Å²) in [5.74, 6) is -7.82. The zero-order valence-corrected chi connectivity index (χ0v) is 35.0. The van der Waals surface area contributed by atoms with Crippen LogP contribution < -0.4 is 20.3 Å². The number of fused-ring (bicyclic) bond motifs is 3. The molecule has 0 spiro atoms. The number of carboxylic acid groups (broad SMARTS) is 1. The van der Waals surface area contributed by atoms with Crippen molar-refractivity contribution in [2.75, 3.05) is 20.3 Å². The van der Waals surface area contributed by atoms with E-state index >= 15 is 13.6 Å². The number of methoxy groups -OCH3 is 1. The number of benzene rings is 1. The number of hydrogen-bond donors (Lipinski definition) is 3. The van der Waals surface area contributed by atoms with Crippen molar-refractivity contribution in [2.24, 2.45) is 17.8 Å². The first-order chi connectivity index (χ1) is 27.6. The molecule has 2 aliphatic heterocycles. The van der Waals surface area contributed by atoms with Gasteiger partial charge in [0.25, 0.3) is 17.4 Å². The molecule has 19 heteroatoms. The highest BCUT2D eigenvalue weighted by Crippen LogP contribution is 2.46. The molecule has 59 heavy (non-hydrogen) atoms. The van der Waals surface area contributed by atoms with Gasteiger partial charge in [0.15, 0.2) is 0 Å². The van der Waals surface area contributed by atoms with Gasteiger partial charge in [0.05, 0.1) is 35.7 Å². The van der Waals surface area contributed by atoms with Gasteiger partial charge in [0.1, 0.15) is 29.3 Å². The molecule has 3 N–H and O–H groups in total.